The first-order valence-corrected chi connectivity index (χ1v) is 7.24. The van der Waals surface area contributed by atoms with E-state index in [0.717, 1.165) is 17.8 Å². The maximum absolute atomic E-state index is 8.82. The summed E-state index contributed by atoms with van der Waals surface area (Å²) in [6.45, 7) is 0.940. The first kappa shape index (κ1) is 14.7. The molecule has 0 atom stereocenters. The number of hydrogen-bond donors (Lipinski definition) is 2. The van der Waals surface area contributed by atoms with Gasteiger partial charge in [0.25, 0.3) is 0 Å². The van der Waals surface area contributed by atoms with Crippen LogP contribution in [0, 0.1) is 11.3 Å². The summed E-state index contributed by atoms with van der Waals surface area (Å²) in [5, 5.41) is 12.3. The molecule has 1 aliphatic rings. The average Bonchev–Trinajstić information content (AvgIpc) is 2.90. The van der Waals surface area contributed by atoms with Crippen LogP contribution in [0.1, 0.15) is 31.2 Å². The maximum atomic E-state index is 8.82. The van der Waals surface area contributed by atoms with Crippen LogP contribution >= 0.6 is 0 Å². The second-order valence-electron chi connectivity index (χ2n) is 5.93. The third-order valence-electron chi connectivity index (χ3n) is 4.52. The second-order valence-corrected chi connectivity index (χ2v) is 5.93. The van der Waals surface area contributed by atoms with Crippen LogP contribution in [-0.4, -0.2) is 31.1 Å². The van der Waals surface area contributed by atoms with Crippen molar-refractivity contribution >= 4 is 11.4 Å². The summed E-state index contributed by atoms with van der Waals surface area (Å²) in [7, 11) is 4.33. The highest BCUT2D eigenvalue weighted by Gasteiger charge is 2.35. The minimum Gasteiger partial charge on any atom is -0.398 e. The number of benzene rings is 1. The van der Waals surface area contributed by atoms with Gasteiger partial charge in [-0.05, 0) is 50.7 Å². The minimum atomic E-state index is 0.261. The molecule has 0 aromatic heterocycles. The molecule has 0 amide bonds. The van der Waals surface area contributed by atoms with Crippen molar-refractivity contribution in [2.75, 3.05) is 31.7 Å². The number of nitrogens with two attached hydrogens (primary N) is 1. The Hall–Kier alpha value is -1.73. The number of nitrogens with zero attached hydrogens (tertiary/aromatic N) is 2. The fourth-order valence-electron chi connectivity index (χ4n) is 3.04. The monoisotopic (exact) mass is 272 g/mol. The van der Waals surface area contributed by atoms with Crippen LogP contribution < -0.4 is 11.1 Å². The number of nitrogens with one attached hydrogen (secondary N) is 1. The predicted molar refractivity (Wildman–Crippen MR) is 83.5 cm³/mol. The quantitative estimate of drug-likeness (QED) is 0.809. The molecule has 4 nitrogen and oxygen atoms in total. The molecule has 0 bridgehead atoms. The van der Waals surface area contributed by atoms with Crippen molar-refractivity contribution in [2.45, 2.75) is 37.6 Å². The van der Waals surface area contributed by atoms with E-state index in [1.807, 2.05) is 18.2 Å². The van der Waals surface area contributed by atoms with Gasteiger partial charge in [-0.2, -0.15) is 5.26 Å². The first-order valence-electron chi connectivity index (χ1n) is 7.24. The van der Waals surface area contributed by atoms with Gasteiger partial charge in [-0.1, -0.05) is 12.8 Å². The van der Waals surface area contributed by atoms with Crippen LogP contribution in [0.2, 0.25) is 0 Å². The second kappa shape index (κ2) is 6.15. The Bertz CT molecular complexity index is 496. The Morgan fingerprint density at radius 3 is 2.65 bits per heavy atom. The summed E-state index contributed by atoms with van der Waals surface area (Å²) in [5.41, 5.74) is 8.80. The van der Waals surface area contributed by atoms with Gasteiger partial charge >= 0.3 is 0 Å². The number of nitriles is 1. The molecule has 1 aromatic carbocycles. The molecular formula is C16H24N4. The molecule has 0 radical (unpaired) electrons. The first-order chi connectivity index (χ1) is 9.57. The lowest BCUT2D eigenvalue weighted by Crippen LogP contribution is -2.47. The zero-order valence-electron chi connectivity index (χ0n) is 12.4. The van der Waals surface area contributed by atoms with E-state index >= 15 is 0 Å². The van der Waals surface area contributed by atoms with Gasteiger partial charge in [-0.3, -0.25) is 0 Å². The van der Waals surface area contributed by atoms with E-state index in [0.29, 0.717) is 12.1 Å². The number of hydrogen-bond acceptors (Lipinski definition) is 4. The van der Waals surface area contributed by atoms with E-state index < -0.39 is 0 Å². The van der Waals surface area contributed by atoms with E-state index in [4.69, 9.17) is 11.0 Å². The van der Waals surface area contributed by atoms with Gasteiger partial charge in [-0.25, -0.2) is 0 Å². The van der Waals surface area contributed by atoms with Gasteiger partial charge in [-0.15, -0.1) is 0 Å². The largest absolute Gasteiger partial charge is 0.398 e. The fourth-order valence-corrected chi connectivity index (χ4v) is 3.04. The van der Waals surface area contributed by atoms with Crippen LogP contribution in [-0.2, 0) is 6.42 Å². The number of nitrogen functional groups attached to an aromatic ring is 1. The maximum Gasteiger partial charge on any atom is 0.0670 e. The molecule has 20 heavy (non-hydrogen) atoms. The highest BCUT2D eigenvalue weighted by molar-refractivity contribution is 5.58. The molecule has 0 aliphatic heterocycles. The Balaban J connectivity index is 2.07. The van der Waals surface area contributed by atoms with E-state index in [1.54, 1.807) is 0 Å². The molecule has 1 aromatic rings. The molecule has 108 valence electrons. The van der Waals surface area contributed by atoms with Crippen molar-refractivity contribution in [2.24, 2.45) is 0 Å². The van der Waals surface area contributed by atoms with E-state index in [1.165, 1.54) is 25.7 Å². The lowest BCUT2D eigenvalue weighted by atomic mass is 9.96. The lowest BCUT2D eigenvalue weighted by molar-refractivity contribution is 0.172. The normalized spacial score (nSPS) is 17.1. The summed E-state index contributed by atoms with van der Waals surface area (Å²) in [5.74, 6) is 0. The zero-order chi connectivity index (χ0) is 14.6. The Kier molecular flexibility index (Phi) is 4.51. The molecule has 1 aliphatic carbocycles. The zero-order valence-corrected chi connectivity index (χ0v) is 12.4. The number of anilines is 2. The lowest BCUT2D eigenvalue weighted by Gasteiger charge is -2.36. The molecule has 0 saturated heterocycles. The van der Waals surface area contributed by atoms with Gasteiger partial charge in [0.05, 0.1) is 12.5 Å². The topological polar surface area (TPSA) is 65.1 Å². The molecular weight excluding hydrogens is 248 g/mol. The third kappa shape index (κ3) is 3.05. The summed E-state index contributed by atoms with van der Waals surface area (Å²) in [6.07, 6.45) is 5.46. The van der Waals surface area contributed by atoms with Crippen molar-refractivity contribution in [3.05, 3.63) is 23.8 Å². The smallest absolute Gasteiger partial charge is 0.0670 e. The third-order valence-corrected chi connectivity index (χ3v) is 4.52. The number of likely N-dealkylation sites (N-methyl/N-ethyl adjacent to an activating group) is 1. The van der Waals surface area contributed by atoms with Gasteiger partial charge < -0.3 is 16.0 Å². The number of rotatable bonds is 5. The van der Waals surface area contributed by atoms with Crippen LogP contribution in [0.25, 0.3) is 0 Å². The van der Waals surface area contributed by atoms with Gasteiger partial charge in [0, 0.05) is 23.5 Å². The van der Waals surface area contributed by atoms with E-state index in [9.17, 15) is 0 Å². The van der Waals surface area contributed by atoms with Crippen molar-refractivity contribution in [1.29, 1.82) is 5.26 Å². The summed E-state index contributed by atoms with van der Waals surface area (Å²) >= 11 is 0. The summed E-state index contributed by atoms with van der Waals surface area (Å²) in [4.78, 5) is 2.35. The van der Waals surface area contributed by atoms with Crippen LogP contribution in [0.5, 0.6) is 0 Å². The van der Waals surface area contributed by atoms with Gasteiger partial charge in [0.2, 0.25) is 0 Å². The molecule has 4 heteroatoms. The standard InChI is InChI=1S/C16H24N4/c1-20(2)16(8-3-4-9-16)12-19-14-5-6-15(18)13(11-14)7-10-17/h5-6,11,19H,3-4,7-9,12,18H2,1-2H3. The Morgan fingerprint density at radius 1 is 1.35 bits per heavy atom. The summed E-state index contributed by atoms with van der Waals surface area (Å²) < 4.78 is 0. The highest BCUT2D eigenvalue weighted by Crippen LogP contribution is 2.34. The molecule has 0 spiro atoms. The van der Waals surface area contributed by atoms with Crippen molar-refractivity contribution in [1.82, 2.24) is 4.90 Å². The van der Waals surface area contributed by atoms with E-state index in [-0.39, 0.29) is 5.54 Å². The van der Waals surface area contributed by atoms with Crippen molar-refractivity contribution in [3.63, 3.8) is 0 Å². The molecule has 3 N–H and O–H groups in total. The van der Waals surface area contributed by atoms with Crippen molar-refractivity contribution in [3.8, 4) is 6.07 Å². The van der Waals surface area contributed by atoms with Crippen LogP contribution in [0.15, 0.2) is 18.2 Å². The molecule has 1 fully saturated rings. The van der Waals surface area contributed by atoms with Crippen LogP contribution in [0.4, 0.5) is 11.4 Å². The van der Waals surface area contributed by atoms with E-state index in [2.05, 4.69) is 30.4 Å². The summed E-state index contributed by atoms with van der Waals surface area (Å²) in [6, 6.07) is 8.03. The molecule has 0 unspecified atom stereocenters. The molecule has 1 saturated carbocycles. The fraction of sp³-hybridized carbons (Fsp3) is 0.562. The minimum absolute atomic E-state index is 0.261. The Labute approximate surface area is 121 Å². The van der Waals surface area contributed by atoms with Crippen LogP contribution in [0.3, 0.4) is 0 Å². The predicted octanol–water partition coefficient (Wildman–Crippen LogP) is 2.62. The SMILES string of the molecule is CN(C)C1(CNc2ccc(N)c(CC#N)c2)CCCC1. The molecule has 0 heterocycles. The van der Waals surface area contributed by atoms with Crippen molar-refractivity contribution < 1.29 is 0 Å². The Morgan fingerprint density at radius 2 is 2.05 bits per heavy atom. The average molecular weight is 272 g/mol. The van der Waals surface area contributed by atoms with Gasteiger partial charge in [0.15, 0.2) is 0 Å². The van der Waals surface area contributed by atoms with Gasteiger partial charge in [0.1, 0.15) is 0 Å². The highest BCUT2D eigenvalue weighted by atomic mass is 15.2. The molecule has 2 rings (SSSR count).